The molecule has 4 nitrogen and oxygen atoms in total. The van der Waals surface area contributed by atoms with Crippen LogP contribution in [0.25, 0.3) is 0 Å². The first-order chi connectivity index (χ1) is 7.89. The minimum absolute atomic E-state index is 0.0360. The predicted octanol–water partition coefficient (Wildman–Crippen LogP) is 1.70. The van der Waals surface area contributed by atoms with Crippen LogP contribution in [-0.4, -0.2) is 25.4 Å². The number of nitrogens with zero attached hydrogens (tertiary/aromatic N) is 1. The number of hydrogen-bond donors (Lipinski definition) is 0. The van der Waals surface area contributed by atoms with Crippen molar-refractivity contribution in [2.45, 2.75) is 37.5 Å². The van der Waals surface area contributed by atoms with Gasteiger partial charge in [0.2, 0.25) is 0 Å². The molecular weight excluding hydrogens is 238 g/mol. The molecule has 0 aliphatic heterocycles. The average molecular weight is 253 g/mol. The van der Waals surface area contributed by atoms with Crippen molar-refractivity contribution < 1.29 is 13.2 Å². The Morgan fingerprint density at radius 1 is 1.24 bits per heavy atom. The normalized spacial score (nSPS) is 16.5. The van der Waals surface area contributed by atoms with E-state index in [1.807, 2.05) is 0 Å². The maximum atomic E-state index is 11.9. The zero-order valence-corrected chi connectivity index (χ0v) is 10.8. The Morgan fingerprint density at radius 3 is 2.53 bits per heavy atom. The van der Waals surface area contributed by atoms with E-state index < -0.39 is 9.84 Å². The SMILES string of the molecule is Cc1cc(S(C)(=O)=O)c2c(n1)C(=O)CCCC2. The molecular formula is C12H15NO3S. The third-order valence-corrected chi connectivity index (χ3v) is 4.12. The van der Waals surface area contributed by atoms with Crippen LogP contribution in [0.3, 0.4) is 0 Å². The summed E-state index contributed by atoms with van der Waals surface area (Å²) in [5, 5.41) is 0. The third kappa shape index (κ3) is 2.39. The van der Waals surface area contributed by atoms with Crippen LogP contribution >= 0.6 is 0 Å². The molecule has 2 rings (SSSR count). The number of pyridine rings is 1. The molecule has 0 bridgehead atoms. The largest absolute Gasteiger partial charge is 0.292 e. The standard InChI is InChI=1S/C12H15NO3S/c1-8-7-11(17(2,15)16)9-5-3-4-6-10(14)12(9)13-8/h7H,3-6H2,1-2H3. The molecule has 1 aromatic heterocycles. The first-order valence-electron chi connectivity index (χ1n) is 5.63. The van der Waals surface area contributed by atoms with Gasteiger partial charge in [-0.1, -0.05) is 0 Å². The average Bonchev–Trinajstić information content (AvgIpc) is 2.39. The van der Waals surface area contributed by atoms with E-state index in [0.717, 1.165) is 12.8 Å². The monoisotopic (exact) mass is 253 g/mol. The van der Waals surface area contributed by atoms with Crippen LogP contribution < -0.4 is 0 Å². The van der Waals surface area contributed by atoms with Gasteiger partial charge in [-0.15, -0.1) is 0 Å². The number of rotatable bonds is 1. The van der Waals surface area contributed by atoms with E-state index in [-0.39, 0.29) is 10.7 Å². The molecule has 0 spiro atoms. The fourth-order valence-corrected chi connectivity index (χ4v) is 3.21. The van der Waals surface area contributed by atoms with Crippen LogP contribution in [0.2, 0.25) is 0 Å². The van der Waals surface area contributed by atoms with E-state index in [2.05, 4.69) is 4.98 Å². The van der Waals surface area contributed by atoms with Crippen molar-refractivity contribution in [3.05, 3.63) is 23.0 Å². The van der Waals surface area contributed by atoms with E-state index in [0.29, 0.717) is 29.8 Å². The molecule has 0 aromatic carbocycles. The predicted molar refractivity (Wildman–Crippen MR) is 64.0 cm³/mol. The molecule has 5 heteroatoms. The van der Waals surface area contributed by atoms with Gasteiger partial charge in [0.05, 0.1) is 4.90 Å². The highest BCUT2D eigenvalue weighted by Gasteiger charge is 2.24. The molecule has 1 aromatic rings. The summed E-state index contributed by atoms with van der Waals surface area (Å²) in [7, 11) is -3.30. The number of carbonyl (C=O) groups excluding carboxylic acids is 1. The third-order valence-electron chi connectivity index (χ3n) is 2.96. The van der Waals surface area contributed by atoms with E-state index in [9.17, 15) is 13.2 Å². The van der Waals surface area contributed by atoms with Crippen molar-refractivity contribution >= 4 is 15.6 Å². The Balaban J connectivity index is 2.74. The maximum Gasteiger partial charge on any atom is 0.181 e. The smallest absolute Gasteiger partial charge is 0.181 e. The van der Waals surface area contributed by atoms with Crippen molar-refractivity contribution in [1.82, 2.24) is 4.98 Å². The Labute approximate surface area is 101 Å². The number of ketones is 1. The molecule has 0 N–H and O–H groups in total. The number of Topliss-reactive ketones (excluding diaryl/α,β-unsaturated/α-hetero) is 1. The van der Waals surface area contributed by atoms with Gasteiger partial charge in [-0.2, -0.15) is 0 Å². The Hall–Kier alpha value is -1.23. The highest BCUT2D eigenvalue weighted by molar-refractivity contribution is 7.90. The lowest BCUT2D eigenvalue weighted by molar-refractivity contribution is 0.0977. The van der Waals surface area contributed by atoms with Gasteiger partial charge in [-0.25, -0.2) is 13.4 Å². The molecule has 0 unspecified atom stereocenters. The summed E-state index contributed by atoms with van der Waals surface area (Å²) in [6.45, 7) is 1.72. The van der Waals surface area contributed by atoms with Crippen LogP contribution in [-0.2, 0) is 16.3 Å². The summed E-state index contributed by atoms with van der Waals surface area (Å²) in [6.07, 6.45) is 3.91. The summed E-state index contributed by atoms with van der Waals surface area (Å²) >= 11 is 0. The van der Waals surface area contributed by atoms with Gasteiger partial charge < -0.3 is 0 Å². The van der Waals surface area contributed by atoms with Crippen LogP contribution in [0.1, 0.15) is 41.0 Å². The van der Waals surface area contributed by atoms with Gasteiger partial charge in [-0.05, 0) is 32.3 Å². The molecule has 0 radical (unpaired) electrons. The summed E-state index contributed by atoms with van der Waals surface area (Å²) in [4.78, 5) is 16.4. The molecule has 0 amide bonds. The van der Waals surface area contributed by atoms with Crippen LogP contribution in [0, 0.1) is 6.92 Å². The van der Waals surface area contributed by atoms with Gasteiger partial charge in [0.25, 0.3) is 0 Å². The minimum atomic E-state index is -3.30. The fourth-order valence-electron chi connectivity index (χ4n) is 2.18. The maximum absolute atomic E-state index is 11.9. The van der Waals surface area contributed by atoms with Crippen molar-refractivity contribution in [1.29, 1.82) is 0 Å². The Kier molecular flexibility index (Phi) is 3.03. The van der Waals surface area contributed by atoms with Crippen LogP contribution in [0.5, 0.6) is 0 Å². The van der Waals surface area contributed by atoms with Crippen LogP contribution in [0.4, 0.5) is 0 Å². The van der Waals surface area contributed by atoms with Crippen molar-refractivity contribution in [3.8, 4) is 0 Å². The second kappa shape index (κ2) is 4.22. The van der Waals surface area contributed by atoms with E-state index in [1.54, 1.807) is 13.0 Å². The zero-order chi connectivity index (χ0) is 12.6. The number of aromatic nitrogens is 1. The summed E-state index contributed by atoms with van der Waals surface area (Å²) in [5.41, 5.74) is 1.56. The van der Waals surface area contributed by atoms with Gasteiger partial charge >= 0.3 is 0 Å². The summed E-state index contributed by atoms with van der Waals surface area (Å²) in [6, 6.07) is 1.56. The second-order valence-electron chi connectivity index (χ2n) is 4.49. The topological polar surface area (TPSA) is 64.1 Å². The van der Waals surface area contributed by atoms with Gasteiger partial charge in [0.15, 0.2) is 15.6 Å². The summed E-state index contributed by atoms with van der Waals surface area (Å²) < 4.78 is 23.5. The van der Waals surface area contributed by atoms with Gasteiger partial charge in [0, 0.05) is 23.9 Å². The zero-order valence-electron chi connectivity index (χ0n) is 9.99. The van der Waals surface area contributed by atoms with E-state index >= 15 is 0 Å². The van der Waals surface area contributed by atoms with E-state index in [1.165, 1.54) is 6.26 Å². The lowest BCUT2D eigenvalue weighted by Crippen LogP contribution is -2.11. The lowest BCUT2D eigenvalue weighted by atomic mass is 10.1. The molecule has 17 heavy (non-hydrogen) atoms. The minimum Gasteiger partial charge on any atom is -0.292 e. The van der Waals surface area contributed by atoms with Crippen LogP contribution in [0.15, 0.2) is 11.0 Å². The molecule has 1 heterocycles. The highest BCUT2D eigenvalue weighted by Crippen LogP contribution is 2.26. The second-order valence-corrected chi connectivity index (χ2v) is 6.48. The number of carbonyl (C=O) groups is 1. The van der Waals surface area contributed by atoms with Gasteiger partial charge in [0.1, 0.15) is 5.69 Å². The van der Waals surface area contributed by atoms with Gasteiger partial charge in [-0.3, -0.25) is 4.79 Å². The molecule has 1 aliphatic rings. The summed E-state index contributed by atoms with van der Waals surface area (Å²) in [5.74, 6) is -0.0360. The molecule has 1 aliphatic carbocycles. The quantitative estimate of drug-likeness (QED) is 0.715. The Morgan fingerprint density at radius 2 is 1.88 bits per heavy atom. The van der Waals surface area contributed by atoms with Crippen molar-refractivity contribution in [3.63, 3.8) is 0 Å². The molecule has 0 saturated heterocycles. The molecule has 0 atom stereocenters. The number of sulfone groups is 1. The lowest BCUT2D eigenvalue weighted by Gasteiger charge is -2.10. The highest BCUT2D eigenvalue weighted by atomic mass is 32.2. The first-order valence-corrected chi connectivity index (χ1v) is 7.52. The number of hydrogen-bond acceptors (Lipinski definition) is 4. The fraction of sp³-hybridized carbons (Fsp3) is 0.500. The van der Waals surface area contributed by atoms with Crippen molar-refractivity contribution in [2.24, 2.45) is 0 Å². The van der Waals surface area contributed by atoms with E-state index in [4.69, 9.17) is 0 Å². The number of aryl methyl sites for hydroxylation is 1. The van der Waals surface area contributed by atoms with Crippen molar-refractivity contribution in [2.75, 3.05) is 6.26 Å². The molecule has 0 saturated carbocycles. The number of fused-ring (bicyclic) bond motifs is 1. The molecule has 92 valence electrons. The molecule has 0 fully saturated rings. The first kappa shape index (κ1) is 12.2. The Bertz CT molecular complexity index is 576.